The molecule has 0 aliphatic rings. The van der Waals surface area contributed by atoms with E-state index in [1.165, 1.54) is 22.4 Å². The Bertz CT molecular complexity index is 1040. The van der Waals surface area contributed by atoms with Crippen molar-refractivity contribution < 1.29 is 22.7 Å². The Morgan fingerprint density at radius 3 is 2.56 bits per heavy atom. The highest BCUT2D eigenvalue weighted by Crippen LogP contribution is 2.31. The van der Waals surface area contributed by atoms with Crippen LogP contribution in [-0.2, 0) is 17.5 Å². The van der Waals surface area contributed by atoms with Gasteiger partial charge in [-0.15, -0.1) is 10.2 Å². The molecule has 10 heteroatoms. The quantitative estimate of drug-likeness (QED) is 0.366. The summed E-state index contributed by atoms with van der Waals surface area (Å²) in [6.07, 6.45) is -4.48. The van der Waals surface area contributed by atoms with Crippen LogP contribution < -0.4 is 10.1 Å². The molecule has 0 atom stereocenters. The van der Waals surface area contributed by atoms with Crippen LogP contribution in [0.15, 0.2) is 59.8 Å². The molecule has 0 saturated heterocycles. The van der Waals surface area contributed by atoms with E-state index >= 15 is 0 Å². The SMILES string of the molecule is CC(C)C(=O)NCc1nnc(SCCOc2ccccc2)n1-c1cccc(C(F)(F)F)c1. The number of hydrogen-bond acceptors (Lipinski definition) is 5. The van der Waals surface area contributed by atoms with Gasteiger partial charge in [-0.3, -0.25) is 9.36 Å². The fraction of sp³-hybridized carbons (Fsp3) is 0.318. The van der Waals surface area contributed by atoms with E-state index in [1.54, 1.807) is 19.9 Å². The van der Waals surface area contributed by atoms with E-state index in [2.05, 4.69) is 15.5 Å². The van der Waals surface area contributed by atoms with Crippen molar-refractivity contribution in [1.29, 1.82) is 0 Å². The van der Waals surface area contributed by atoms with Crippen molar-refractivity contribution in [3.8, 4) is 11.4 Å². The maximum atomic E-state index is 13.2. The zero-order valence-corrected chi connectivity index (χ0v) is 18.4. The second-order valence-electron chi connectivity index (χ2n) is 7.16. The zero-order valence-electron chi connectivity index (χ0n) is 17.6. The number of thioether (sulfide) groups is 1. The summed E-state index contributed by atoms with van der Waals surface area (Å²) in [5, 5.41) is 11.4. The first-order chi connectivity index (χ1) is 15.3. The first-order valence-electron chi connectivity index (χ1n) is 9.96. The van der Waals surface area contributed by atoms with Crippen LogP contribution in [0.5, 0.6) is 5.75 Å². The van der Waals surface area contributed by atoms with Gasteiger partial charge in [0.25, 0.3) is 0 Å². The lowest BCUT2D eigenvalue weighted by molar-refractivity contribution is -0.137. The lowest BCUT2D eigenvalue weighted by Gasteiger charge is -2.14. The number of carbonyl (C=O) groups excluding carboxylic acids is 1. The average molecular weight is 465 g/mol. The molecule has 3 rings (SSSR count). The molecule has 1 N–H and O–H groups in total. The van der Waals surface area contributed by atoms with Crippen LogP contribution in [-0.4, -0.2) is 33.0 Å². The molecule has 1 aromatic heterocycles. The number of halogens is 3. The van der Waals surface area contributed by atoms with E-state index in [4.69, 9.17) is 4.74 Å². The molecule has 3 aromatic rings. The number of para-hydroxylation sites is 1. The van der Waals surface area contributed by atoms with E-state index < -0.39 is 11.7 Å². The van der Waals surface area contributed by atoms with Crippen molar-refractivity contribution in [2.75, 3.05) is 12.4 Å². The highest BCUT2D eigenvalue weighted by Gasteiger charge is 2.31. The lowest BCUT2D eigenvalue weighted by atomic mass is 10.2. The minimum Gasteiger partial charge on any atom is -0.493 e. The van der Waals surface area contributed by atoms with Crippen molar-refractivity contribution in [1.82, 2.24) is 20.1 Å². The van der Waals surface area contributed by atoms with Gasteiger partial charge in [-0.25, -0.2) is 0 Å². The van der Waals surface area contributed by atoms with Crippen LogP contribution in [0.2, 0.25) is 0 Å². The standard InChI is InChI=1S/C22H23F3N4O2S/c1-15(2)20(30)26-14-19-27-28-21(32-12-11-31-18-9-4-3-5-10-18)29(19)17-8-6-7-16(13-17)22(23,24)25/h3-10,13,15H,11-12,14H2,1-2H3,(H,26,30). The number of aromatic nitrogens is 3. The number of ether oxygens (including phenoxy) is 1. The molecular weight excluding hydrogens is 441 g/mol. The second kappa shape index (κ2) is 10.5. The van der Waals surface area contributed by atoms with E-state index in [1.807, 2.05) is 30.3 Å². The van der Waals surface area contributed by atoms with Gasteiger partial charge in [0, 0.05) is 11.7 Å². The highest BCUT2D eigenvalue weighted by molar-refractivity contribution is 7.99. The predicted molar refractivity (Wildman–Crippen MR) is 116 cm³/mol. The summed E-state index contributed by atoms with van der Waals surface area (Å²) in [4.78, 5) is 12.0. The Morgan fingerprint density at radius 2 is 1.88 bits per heavy atom. The maximum Gasteiger partial charge on any atom is 0.416 e. The van der Waals surface area contributed by atoms with E-state index in [-0.39, 0.29) is 24.1 Å². The monoisotopic (exact) mass is 464 g/mol. The molecule has 0 unspecified atom stereocenters. The van der Waals surface area contributed by atoms with Gasteiger partial charge >= 0.3 is 6.18 Å². The van der Waals surface area contributed by atoms with Gasteiger partial charge in [0.05, 0.1) is 24.4 Å². The summed E-state index contributed by atoms with van der Waals surface area (Å²) in [6, 6.07) is 14.2. The smallest absolute Gasteiger partial charge is 0.416 e. The molecule has 0 saturated carbocycles. The van der Waals surface area contributed by atoms with Crippen LogP contribution in [0.4, 0.5) is 13.2 Å². The molecule has 0 aliphatic heterocycles. The summed E-state index contributed by atoms with van der Waals surface area (Å²) >= 11 is 1.31. The molecule has 0 spiro atoms. The highest BCUT2D eigenvalue weighted by atomic mass is 32.2. The van der Waals surface area contributed by atoms with Gasteiger partial charge in [-0.1, -0.05) is 49.9 Å². The third-order valence-corrected chi connectivity index (χ3v) is 5.30. The van der Waals surface area contributed by atoms with E-state index in [0.29, 0.717) is 23.3 Å². The normalized spacial score (nSPS) is 11.6. The van der Waals surface area contributed by atoms with Gasteiger partial charge in [0.1, 0.15) is 5.75 Å². The molecule has 0 bridgehead atoms. The van der Waals surface area contributed by atoms with Crippen molar-refractivity contribution in [3.05, 3.63) is 66.0 Å². The number of rotatable bonds is 9. The number of amides is 1. The summed E-state index contributed by atoms with van der Waals surface area (Å²) in [5.74, 6) is 1.15. The van der Waals surface area contributed by atoms with E-state index in [0.717, 1.165) is 17.9 Å². The van der Waals surface area contributed by atoms with Crippen molar-refractivity contribution in [3.63, 3.8) is 0 Å². The first-order valence-corrected chi connectivity index (χ1v) is 10.9. The minimum atomic E-state index is -4.48. The molecule has 0 fully saturated rings. The summed E-state index contributed by atoms with van der Waals surface area (Å²) < 4.78 is 46.9. The molecule has 32 heavy (non-hydrogen) atoms. The minimum absolute atomic E-state index is 0.0430. The third-order valence-electron chi connectivity index (χ3n) is 4.40. The molecule has 0 radical (unpaired) electrons. The van der Waals surface area contributed by atoms with E-state index in [9.17, 15) is 18.0 Å². The fourth-order valence-electron chi connectivity index (χ4n) is 2.77. The Labute approximate surface area is 188 Å². The zero-order chi connectivity index (χ0) is 23.1. The fourth-order valence-corrected chi connectivity index (χ4v) is 3.56. The number of alkyl halides is 3. The Hall–Kier alpha value is -3.01. The van der Waals surface area contributed by atoms with Crippen LogP contribution in [0, 0.1) is 5.92 Å². The van der Waals surface area contributed by atoms with Gasteiger partial charge in [0.15, 0.2) is 11.0 Å². The number of nitrogens with one attached hydrogen (secondary N) is 1. The van der Waals surface area contributed by atoms with Crippen LogP contribution in [0.3, 0.4) is 0 Å². The van der Waals surface area contributed by atoms with Crippen molar-refractivity contribution >= 4 is 17.7 Å². The molecule has 1 amide bonds. The number of carbonyl (C=O) groups is 1. The summed E-state index contributed by atoms with van der Waals surface area (Å²) in [6.45, 7) is 3.92. The van der Waals surface area contributed by atoms with Crippen LogP contribution >= 0.6 is 11.8 Å². The third kappa shape index (κ3) is 6.25. The molecule has 2 aromatic carbocycles. The Morgan fingerprint density at radius 1 is 1.12 bits per heavy atom. The Kier molecular flexibility index (Phi) is 7.79. The second-order valence-corrected chi connectivity index (χ2v) is 8.23. The molecule has 6 nitrogen and oxygen atoms in total. The number of benzene rings is 2. The van der Waals surface area contributed by atoms with Crippen molar-refractivity contribution in [2.24, 2.45) is 5.92 Å². The molecule has 1 heterocycles. The largest absolute Gasteiger partial charge is 0.493 e. The molecular formula is C22H23F3N4O2S. The maximum absolute atomic E-state index is 13.2. The van der Waals surface area contributed by atoms with Gasteiger partial charge in [-0.2, -0.15) is 13.2 Å². The average Bonchev–Trinajstić information content (AvgIpc) is 3.18. The topological polar surface area (TPSA) is 69.0 Å². The lowest BCUT2D eigenvalue weighted by Crippen LogP contribution is -2.28. The predicted octanol–water partition coefficient (Wildman–Crippen LogP) is 4.73. The van der Waals surface area contributed by atoms with Crippen molar-refractivity contribution in [2.45, 2.75) is 31.7 Å². The van der Waals surface area contributed by atoms with Gasteiger partial charge < -0.3 is 10.1 Å². The van der Waals surface area contributed by atoms with Gasteiger partial charge in [0.2, 0.25) is 5.91 Å². The molecule has 0 aliphatic carbocycles. The van der Waals surface area contributed by atoms with Crippen LogP contribution in [0.1, 0.15) is 25.2 Å². The van der Waals surface area contributed by atoms with Gasteiger partial charge in [-0.05, 0) is 30.3 Å². The number of hydrogen-bond donors (Lipinski definition) is 1. The summed E-state index contributed by atoms with van der Waals surface area (Å²) in [7, 11) is 0. The van der Waals surface area contributed by atoms with Crippen LogP contribution in [0.25, 0.3) is 5.69 Å². The Balaban J connectivity index is 1.81. The first kappa shape index (κ1) is 23.6. The number of nitrogens with zero attached hydrogens (tertiary/aromatic N) is 3. The molecule has 170 valence electrons. The summed E-state index contributed by atoms with van der Waals surface area (Å²) in [5.41, 5.74) is -0.505.